The van der Waals surface area contributed by atoms with Crippen molar-refractivity contribution >= 4 is 28.1 Å². The van der Waals surface area contributed by atoms with Gasteiger partial charge >= 0.3 is 0 Å². The van der Waals surface area contributed by atoms with Gasteiger partial charge in [-0.15, -0.1) is 0 Å². The molecule has 4 nitrogen and oxygen atoms in total. The molecule has 20 heavy (non-hydrogen) atoms. The molecule has 0 saturated heterocycles. The normalized spacial score (nSPS) is 11.2. The molecule has 0 aliphatic carbocycles. The smallest absolute Gasteiger partial charge is 0.269 e. The van der Waals surface area contributed by atoms with E-state index >= 15 is 0 Å². The minimum Gasteiger partial charge on any atom is -0.289 e. The van der Waals surface area contributed by atoms with Crippen LogP contribution in [0, 0.1) is 10.1 Å². The highest BCUT2D eigenvalue weighted by molar-refractivity contribution is 6.50. The molecule has 0 heterocycles. The van der Waals surface area contributed by atoms with Gasteiger partial charge in [-0.3, -0.25) is 14.9 Å². The molecule has 2 aromatic carbocycles. The maximum absolute atomic E-state index is 11.9. The summed E-state index contributed by atoms with van der Waals surface area (Å²) in [5, 5.41) is 10.8. The summed E-state index contributed by atoms with van der Waals surface area (Å²) in [6.07, 6.45) is 1.30. The maximum atomic E-state index is 11.9. The van der Waals surface area contributed by atoms with Crippen molar-refractivity contribution in [1.29, 1.82) is 0 Å². The Labute approximate surface area is 120 Å². The van der Waals surface area contributed by atoms with E-state index in [2.05, 4.69) is 0 Å². The minimum atomic E-state index is -0.490. The monoisotopic (exact) mass is 287 g/mol. The van der Waals surface area contributed by atoms with E-state index in [9.17, 15) is 14.9 Å². The Morgan fingerprint density at radius 3 is 2.15 bits per heavy atom. The minimum absolute atomic E-state index is 0.0207. The van der Waals surface area contributed by atoms with Crippen molar-refractivity contribution in [3.05, 3.63) is 81.9 Å². The Bertz CT molecular complexity index is 663. The summed E-state index contributed by atoms with van der Waals surface area (Å²) in [6, 6.07) is 14.4. The molecule has 0 N–H and O–H groups in total. The van der Waals surface area contributed by atoms with Crippen LogP contribution in [0.1, 0.15) is 15.9 Å². The number of rotatable bonds is 4. The standard InChI is InChI=1S/C15H10ClNO3/c16-14(10-15(18)12-4-2-1-3-5-12)11-6-8-13(9-7-11)17(19)20/h1-10H. The highest BCUT2D eigenvalue weighted by Crippen LogP contribution is 2.22. The predicted molar refractivity (Wildman–Crippen MR) is 77.7 cm³/mol. The molecular formula is C15H10ClNO3. The van der Waals surface area contributed by atoms with Crippen LogP contribution in [0.25, 0.3) is 5.03 Å². The average molecular weight is 288 g/mol. The molecule has 5 heteroatoms. The van der Waals surface area contributed by atoms with Gasteiger partial charge in [0.1, 0.15) is 0 Å². The average Bonchev–Trinajstić information content (AvgIpc) is 2.48. The number of ketones is 1. The van der Waals surface area contributed by atoms with E-state index < -0.39 is 4.92 Å². The van der Waals surface area contributed by atoms with Gasteiger partial charge in [0, 0.05) is 23.8 Å². The van der Waals surface area contributed by atoms with E-state index in [4.69, 9.17) is 11.6 Å². The molecule has 0 bridgehead atoms. The van der Waals surface area contributed by atoms with Crippen LogP contribution in [0.3, 0.4) is 0 Å². The summed E-state index contributed by atoms with van der Waals surface area (Å²) in [4.78, 5) is 22.0. The molecule has 2 aromatic rings. The fourth-order valence-electron chi connectivity index (χ4n) is 1.63. The van der Waals surface area contributed by atoms with Crippen molar-refractivity contribution in [2.45, 2.75) is 0 Å². The van der Waals surface area contributed by atoms with Crippen molar-refractivity contribution in [3.63, 3.8) is 0 Å². The highest BCUT2D eigenvalue weighted by Gasteiger charge is 2.08. The number of benzene rings is 2. The van der Waals surface area contributed by atoms with Crippen LogP contribution in [0.5, 0.6) is 0 Å². The third-order valence-electron chi connectivity index (χ3n) is 2.67. The third-order valence-corrected chi connectivity index (χ3v) is 3.00. The Kier molecular flexibility index (Phi) is 4.27. The zero-order valence-electron chi connectivity index (χ0n) is 10.3. The first kappa shape index (κ1) is 14.0. The molecule has 0 atom stereocenters. The number of nitro benzene ring substituents is 1. The Morgan fingerprint density at radius 2 is 1.60 bits per heavy atom. The van der Waals surface area contributed by atoms with Crippen molar-refractivity contribution in [3.8, 4) is 0 Å². The van der Waals surface area contributed by atoms with Crippen molar-refractivity contribution in [2.24, 2.45) is 0 Å². The zero-order valence-corrected chi connectivity index (χ0v) is 11.1. The van der Waals surface area contributed by atoms with Gasteiger partial charge in [-0.05, 0) is 17.7 Å². The SMILES string of the molecule is O=C(C=C(Cl)c1ccc([N+](=O)[O-])cc1)c1ccccc1. The number of hydrogen-bond donors (Lipinski definition) is 0. The van der Waals surface area contributed by atoms with Crippen LogP contribution < -0.4 is 0 Å². The second-order valence-electron chi connectivity index (χ2n) is 4.03. The van der Waals surface area contributed by atoms with Gasteiger partial charge in [0.2, 0.25) is 0 Å². The van der Waals surface area contributed by atoms with Crippen LogP contribution in [0.15, 0.2) is 60.7 Å². The molecule has 100 valence electrons. The first-order chi connectivity index (χ1) is 9.58. The molecule has 2 rings (SSSR count). The lowest BCUT2D eigenvalue weighted by Crippen LogP contribution is -1.94. The first-order valence-corrected chi connectivity index (χ1v) is 6.17. The molecule has 0 aromatic heterocycles. The second kappa shape index (κ2) is 6.12. The lowest BCUT2D eigenvalue weighted by atomic mass is 10.1. The number of hydrogen-bond acceptors (Lipinski definition) is 3. The number of halogens is 1. The van der Waals surface area contributed by atoms with Gasteiger partial charge in [-0.2, -0.15) is 0 Å². The van der Waals surface area contributed by atoms with E-state index in [0.717, 1.165) is 0 Å². The Hall–Kier alpha value is -2.46. The number of nitro groups is 1. The number of allylic oxidation sites excluding steroid dienone is 1. The summed E-state index contributed by atoms with van der Waals surface area (Å²) in [6.45, 7) is 0. The summed E-state index contributed by atoms with van der Waals surface area (Å²) in [5.41, 5.74) is 1.07. The molecule has 0 amide bonds. The van der Waals surface area contributed by atoms with E-state index in [1.807, 2.05) is 6.07 Å². The van der Waals surface area contributed by atoms with Crippen LogP contribution in [-0.2, 0) is 0 Å². The molecule has 0 aliphatic heterocycles. The van der Waals surface area contributed by atoms with E-state index in [-0.39, 0.29) is 16.5 Å². The van der Waals surface area contributed by atoms with E-state index in [0.29, 0.717) is 11.1 Å². The van der Waals surface area contributed by atoms with E-state index in [1.54, 1.807) is 24.3 Å². The molecule has 0 unspecified atom stereocenters. The molecule has 0 saturated carbocycles. The summed E-state index contributed by atoms with van der Waals surface area (Å²) in [5.74, 6) is -0.214. The number of non-ortho nitro benzene ring substituents is 1. The largest absolute Gasteiger partial charge is 0.289 e. The van der Waals surface area contributed by atoms with Crippen LogP contribution >= 0.6 is 11.6 Å². The van der Waals surface area contributed by atoms with Crippen LogP contribution in [0.2, 0.25) is 0 Å². The summed E-state index contributed by atoms with van der Waals surface area (Å²) in [7, 11) is 0. The maximum Gasteiger partial charge on any atom is 0.269 e. The molecule has 0 fully saturated rings. The molecule has 0 radical (unpaired) electrons. The lowest BCUT2D eigenvalue weighted by Gasteiger charge is -2.00. The highest BCUT2D eigenvalue weighted by atomic mass is 35.5. The third kappa shape index (κ3) is 3.30. The van der Waals surface area contributed by atoms with Crippen molar-refractivity contribution in [2.75, 3.05) is 0 Å². The van der Waals surface area contributed by atoms with Crippen molar-refractivity contribution < 1.29 is 9.72 Å². The fraction of sp³-hybridized carbons (Fsp3) is 0. The number of nitrogens with zero attached hydrogens (tertiary/aromatic N) is 1. The zero-order chi connectivity index (χ0) is 14.5. The Balaban J connectivity index is 2.22. The molecular weight excluding hydrogens is 278 g/mol. The number of carbonyl (C=O) groups is 1. The fourth-order valence-corrected chi connectivity index (χ4v) is 1.85. The second-order valence-corrected chi connectivity index (χ2v) is 4.43. The summed E-state index contributed by atoms with van der Waals surface area (Å²) >= 11 is 6.05. The summed E-state index contributed by atoms with van der Waals surface area (Å²) < 4.78 is 0. The van der Waals surface area contributed by atoms with E-state index in [1.165, 1.54) is 30.3 Å². The van der Waals surface area contributed by atoms with Crippen molar-refractivity contribution in [1.82, 2.24) is 0 Å². The molecule has 0 spiro atoms. The first-order valence-electron chi connectivity index (χ1n) is 5.79. The van der Waals surface area contributed by atoms with Gasteiger partial charge < -0.3 is 0 Å². The van der Waals surface area contributed by atoms with Crippen LogP contribution in [-0.4, -0.2) is 10.7 Å². The topological polar surface area (TPSA) is 60.2 Å². The molecule has 0 aliphatic rings. The van der Waals surface area contributed by atoms with Crippen LogP contribution in [0.4, 0.5) is 5.69 Å². The lowest BCUT2D eigenvalue weighted by molar-refractivity contribution is -0.384. The quantitative estimate of drug-likeness (QED) is 0.369. The van der Waals surface area contributed by atoms with Gasteiger partial charge in [0.15, 0.2) is 5.78 Å². The van der Waals surface area contributed by atoms with Gasteiger partial charge in [0.05, 0.1) is 9.96 Å². The number of carbonyl (C=O) groups excluding carboxylic acids is 1. The van der Waals surface area contributed by atoms with Gasteiger partial charge in [-0.1, -0.05) is 41.9 Å². The predicted octanol–water partition coefficient (Wildman–Crippen LogP) is 4.06. The van der Waals surface area contributed by atoms with Gasteiger partial charge in [0.25, 0.3) is 5.69 Å². The Morgan fingerprint density at radius 1 is 1.00 bits per heavy atom. The van der Waals surface area contributed by atoms with Gasteiger partial charge in [-0.25, -0.2) is 0 Å².